The summed E-state index contributed by atoms with van der Waals surface area (Å²) in [6.07, 6.45) is 2.68. The first-order chi connectivity index (χ1) is 12.0. The van der Waals surface area contributed by atoms with Crippen molar-refractivity contribution >= 4 is 5.82 Å². The van der Waals surface area contributed by atoms with Crippen LogP contribution in [0.25, 0.3) is 0 Å². The summed E-state index contributed by atoms with van der Waals surface area (Å²) in [5, 5.41) is 18.8. The maximum atomic E-state index is 13.1. The molecule has 0 aliphatic carbocycles. The molecule has 1 unspecified atom stereocenters. The number of aliphatic hydroxyl groups is 1. The number of benzene rings is 1. The highest BCUT2D eigenvalue weighted by Crippen LogP contribution is 2.35. The van der Waals surface area contributed by atoms with Gasteiger partial charge in [-0.2, -0.15) is 5.10 Å². The fourth-order valence-corrected chi connectivity index (χ4v) is 3.58. The van der Waals surface area contributed by atoms with Crippen molar-refractivity contribution in [2.45, 2.75) is 39.0 Å². The van der Waals surface area contributed by atoms with Crippen LogP contribution in [0.15, 0.2) is 36.4 Å². The molecule has 1 saturated heterocycles. The van der Waals surface area contributed by atoms with Crippen LogP contribution in [0.1, 0.15) is 43.9 Å². The summed E-state index contributed by atoms with van der Waals surface area (Å²) in [6.45, 7) is 5.96. The van der Waals surface area contributed by atoms with Crippen LogP contribution in [-0.2, 0) is 6.42 Å². The van der Waals surface area contributed by atoms with E-state index in [9.17, 15) is 9.50 Å². The molecule has 1 atom stereocenters. The van der Waals surface area contributed by atoms with Gasteiger partial charge >= 0.3 is 0 Å². The Morgan fingerprint density at radius 2 is 1.92 bits per heavy atom. The zero-order chi connectivity index (χ0) is 17.9. The van der Waals surface area contributed by atoms with Crippen LogP contribution in [0.4, 0.5) is 10.2 Å². The van der Waals surface area contributed by atoms with Gasteiger partial charge in [0.05, 0.1) is 12.3 Å². The molecule has 134 valence electrons. The predicted molar refractivity (Wildman–Crippen MR) is 97.2 cm³/mol. The highest BCUT2D eigenvalue weighted by molar-refractivity contribution is 5.39. The molecule has 2 aromatic rings. The molecule has 4 nitrogen and oxygen atoms in total. The SMILES string of the molecule is CC(C)c1ccc(N2CCCC(CO)(Cc3ccc(F)cc3)C2)nn1. The number of hydrogen-bond donors (Lipinski definition) is 1. The Bertz CT molecular complexity index is 687. The van der Waals surface area contributed by atoms with E-state index in [1.54, 1.807) is 0 Å². The molecular weight excluding hydrogens is 317 g/mol. The lowest BCUT2D eigenvalue weighted by Gasteiger charge is -2.42. The molecule has 0 spiro atoms. The van der Waals surface area contributed by atoms with Gasteiger partial charge in [0, 0.05) is 18.5 Å². The van der Waals surface area contributed by atoms with Crippen molar-refractivity contribution in [3.63, 3.8) is 0 Å². The average Bonchev–Trinajstić information content (AvgIpc) is 2.64. The standard InChI is InChI=1S/C20H26FN3O/c1-15(2)18-8-9-19(23-22-18)24-11-3-10-20(13-24,14-25)12-16-4-6-17(21)7-5-16/h4-9,15,25H,3,10-14H2,1-2H3. The van der Waals surface area contributed by atoms with E-state index in [1.165, 1.54) is 12.1 Å². The maximum Gasteiger partial charge on any atom is 0.151 e. The lowest BCUT2D eigenvalue weighted by Crippen LogP contribution is -2.47. The first-order valence-corrected chi connectivity index (χ1v) is 8.95. The van der Waals surface area contributed by atoms with Gasteiger partial charge in [0.1, 0.15) is 5.82 Å². The molecule has 0 radical (unpaired) electrons. The Hall–Kier alpha value is -2.01. The van der Waals surface area contributed by atoms with E-state index in [4.69, 9.17) is 0 Å². The molecule has 1 N–H and O–H groups in total. The van der Waals surface area contributed by atoms with E-state index >= 15 is 0 Å². The number of piperidine rings is 1. The molecule has 0 amide bonds. The Morgan fingerprint density at radius 1 is 1.16 bits per heavy atom. The van der Waals surface area contributed by atoms with Gasteiger partial charge in [-0.3, -0.25) is 0 Å². The lowest BCUT2D eigenvalue weighted by atomic mass is 9.75. The van der Waals surface area contributed by atoms with Crippen molar-refractivity contribution in [3.05, 3.63) is 53.5 Å². The van der Waals surface area contributed by atoms with Crippen LogP contribution in [0.5, 0.6) is 0 Å². The first kappa shape index (κ1) is 17.8. The van der Waals surface area contributed by atoms with Gasteiger partial charge in [0.15, 0.2) is 5.82 Å². The van der Waals surface area contributed by atoms with Crippen LogP contribution in [0.2, 0.25) is 0 Å². The van der Waals surface area contributed by atoms with Gasteiger partial charge in [-0.25, -0.2) is 4.39 Å². The zero-order valence-corrected chi connectivity index (χ0v) is 15.0. The number of halogens is 1. The Kier molecular flexibility index (Phi) is 5.33. The zero-order valence-electron chi connectivity index (χ0n) is 15.0. The summed E-state index contributed by atoms with van der Waals surface area (Å²) >= 11 is 0. The van der Waals surface area contributed by atoms with E-state index in [0.717, 1.165) is 49.4 Å². The third-order valence-electron chi connectivity index (χ3n) is 5.08. The summed E-state index contributed by atoms with van der Waals surface area (Å²) in [4.78, 5) is 2.21. The topological polar surface area (TPSA) is 49.2 Å². The highest BCUT2D eigenvalue weighted by atomic mass is 19.1. The number of aromatic nitrogens is 2. The Balaban J connectivity index is 1.76. The molecule has 5 heteroatoms. The third-order valence-corrected chi connectivity index (χ3v) is 5.08. The van der Waals surface area contributed by atoms with Crippen molar-refractivity contribution in [1.29, 1.82) is 0 Å². The fraction of sp³-hybridized carbons (Fsp3) is 0.500. The molecule has 1 aromatic heterocycles. The molecule has 1 aliphatic rings. The maximum absolute atomic E-state index is 13.1. The number of aliphatic hydroxyl groups excluding tert-OH is 1. The normalized spacial score (nSPS) is 20.9. The van der Waals surface area contributed by atoms with Crippen LogP contribution >= 0.6 is 0 Å². The second kappa shape index (κ2) is 7.48. The van der Waals surface area contributed by atoms with Gasteiger partial charge in [-0.05, 0) is 55.0 Å². The summed E-state index contributed by atoms with van der Waals surface area (Å²) in [7, 11) is 0. The summed E-state index contributed by atoms with van der Waals surface area (Å²) in [5.74, 6) is 0.992. The molecule has 25 heavy (non-hydrogen) atoms. The summed E-state index contributed by atoms with van der Waals surface area (Å²) < 4.78 is 13.1. The molecule has 1 aromatic carbocycles. The summed E-state index contributed by atoms with van der Waals surface area (Å²) in [5.41, 5.74) is 1.81. The van der Waals surface area contributed by atoms with Crippen LogP contribution in [-0.4, -0.2) is 35.0 Å². The Morgan fingerprint density at radius 3 is 2.52 bits per heavy atom. The molecule has 2 heterocycles. The lowest BCUT2D eigenvalue weighted by molar-refractivity contribution is 0.105. The predicted octanol–water partition coefficient (Wildman–Crippen LogP) is 3.56. The van der Waals surface area contributed by atoms with E-state index < -0.39 is 0 Å². The van der Waals surface area contributed by atoms with Gasteiger partial charge in [-0.1, -0.05) is 26.0 Å². The van der Waals surface area contributed by atoms with Crippen molar-refractivity contribution in [2.24, 2.45) is 5.41 Å². The van der Waals surface area contributed by atoms with E-state index in [0.29, 0.717) is 5.92 Å². The van der Waals surface area contributed by atoms with Crippen LogP contribution < -0.4 is 4.90 Å². The van der Waals surface area contributed by atoms with Crippen LogP contribution in [0.3, 0.4) is 0 Å². The minimum absolute atomic E-state index is 0.110. The number of anilines is 1. The van der Waals surface area contributed by atoms with E-state index in [1.807, 2.05) is 24.3 Å². The van der Waals surface area contributed by atoms with Gasteiger partial charge < -0.3 is 10.0 Å². The molecule has 1 fully saturated rings. The van der Waals surface area contributed by atoms with Crippen molar-refractivity contribution < 1.29 is 9.50 Å². The summed E-state index contributed by atoms with van der Waals surface area (Å²) in [6, 6.07) is 10.6. The molecule has 1 aliphatic heterocycles. The molecule has 0 saturated carbocycles. The molecule has 0 bridgehead atoms. The number of hydrogen-bond acceptors (Lipinski definition) is 4. The Labute approximate surface area is 148 Å². The second-order valence-corrected chi connectivity index (χ2v) is 7.46. The smallest absolute Gasteiger partial charge is 0.151 e. The van der Waals surface area contributed by atoms with Crippen LogP contribution in [0, 0.1) is 11.2 Å². The first-order valence-electron chi connectivity index (χ1n) is 8.95. The third kappa shape index (κ3) is 4.15. The van der Waals surface area contributed by atoms with Crippen molar-refractivity contribution in [2.75, 3.05) is 24.6 Å². The van der Waals surface area contributed by atoms with Gasteiger partial charge in [0.2, 0.25) is 0 Å². The average molecular weight is 343 g/mol. The van der Waals surface area contributed by atoms with E-state index in [-0.39, 0.29) is 17.8 Å². The van der Waals surface area contributed by atoms with Gasteiger partial charge in [-0.15, -0.1) is 5.10 Å². The number of rotatable bonds is 5. The van der Waals surface area contributed by atoms with E-state index in [2.05, 4.69) is 28.9 Å². The van der Waals surface area contributed by atoms with Crippen molar-refractivity contribution in [1.82, 2.24) is 10.2 Å². The highest BCUT2D eigenvalue weighted by Gasteiger charge is 2.35. The van der Waals surface area contributed by atoms with Crippen molar-refractivity contribution in [3.8, 4) is 0 Å². The minimum atomic E-state index is -0.229. The second-order valence-electron chi connectivity index (χ2n) is 7.46. The van der Waals surface area contributed by atoms with Gasteiger partial charge in [0.25, 0.3) is 0 Å². The quantitative estimate of drug-likeness (QED) is 0.902. The molecule has 3 rings (SSSR count). The number of nitrogens with zero attached hydrogens (tertiary/aromatic N) is 3. The fourth-order valence-electron chi connectivity index (χ4n) is 3.58. The molecular formula is C20H26FN3O. The minimum Gasteiger partial charge on any atom is -0.396 e. The monoisotopic (exact) mass is 343 g/mol. The largest absolute Gasteiger partial charge is 0.396 e.